The van der Waals surface area contributed by atoms with Crippen LogP contribution in [0, 0.1) is 30.3 Å². The fourth-order valence-electron chi connectivity index (χ4n) is 1.66. The van der Waals surface area contributed by atoms with Crippen LogP contribution in [0.25, 0.3) is 17.0 Å². The first-order valence-electron chi connectivity index (χ1n) is 6.59. The standard InChI is InChI=1S/C19H11ClNO2/c1-2-3-4-5-8-13-23-18(22)12-11-16-14-15-9-6-7-10-17(15)21-19(16)20/h2-3,6-7,9-12,14H,1H2/q-1/b12-11-. The molecule has 1 heterocycles. The van der Waals surface area contributed by atoms with E-state index in [9.17, 15) is 4.79 Å². The Balaban J connectivity index is 2.05. The van der Waals surface area contributed by atoms with Crippen molar-refractivity contribution >= 4 is 34.5 Å². The van der Waals surface area contributed by atoms with Gasteiger partial charge in [0.2, 0.25) is 0 Å². The summed E-state index contributed by atoms with van der Waals surface area (Å²) in [7, 11) is 0. The van der Waals surface area contributed by atoms with Gasteiger partial charge in [0.05, 0.1) is 5.52 Å². The van der Waals surface area contributed by atoms with Gasteiger partial charge in [-0.25, -0.2) is 15.7 Å². The highest BCUT2D eigenvalue weighted by Gasteiger charge is 2.03. The molecule has 1 aromatic carbocycles. The van der Waals surface area contributed by atoms with Crippen LogP contribution >= 0.6 is 11.6 Å². The number of allylic oxidation sites excluding steroid dienone is 1. The Labute approximate surface area is 139 Å². The van der Waals surface area contributed by atoms with Gasteiger partial charge in [-0.15, -0.1) is 6.42 Å². The monoisotopic (exact) mass is 320 g/mol. The van der Waals surface area contributed by atoms with Crippen LogP contribution in [0.15, 0.2) is 49.1 Å². The Hall–Kier alpha value is -3.14. The van der Waals surface area contributed by atoms with Crippen molar-refractivity contribution in [2.24, 2.45) is 0 Å². The molecule has 0 amide bonds. The zero-order valence-electron chi connectivity index (χ0n) is 12.0. The molecule has 0 unspecified atom stereocenters. The average molecular weight is 321 g/mol. The average Bonchev–Trinajstić information content (AvgIpc) is 2.56. The SMILES string of the molecule is C=C[CH-]C#CC#COC(=O)/C=C\c1cc2ccccc2nc1Cl. The number of rotatable bonds is 3. The minimum absolute atomic E-state index is 0.310. The smallest absolute Gasteiger partial charge is 0.344 e. The number of benzene rings is 1. The molecule has 0 spiro atoms. The van der Waals surface area contributed by atoms with Crippen molar-refractivity contribution in [1.29, 1.82) is 0 Å². The number of nitrogens with zero attached hydrogens (tertiary/aromatic N) is 1. The predicted molar refractivity (Wildman–Crippen MR) is 91.9 cm³/mol. The highest BCUT2D eigenvalue weighted by molar-refractivity contribution is 6.31. The van der Waals surface area contributed by atoms with Crippen molar-refractivity contribution in [2.45, 2.75) is 0 Å². The third kappa shape index (κ3) is 4.97. The van der Waals surface area contributed by atoms with Gasteiger partial charge in [0, 0.05) is 17.0 Å². The molecule has 0 bridgehead atoms. The first kappa shape index (κ1) is 16.2. The van der Waals surface area contributed by atoms with Crippen LogP contribution in [0.4, 0.5) is 0 Å². The summed E-state index contributed by atoms with van der Waals surface area (Å²) in [6.07, 6.45) is 8.03. The van der Waals surface area contributed by atoms with E-state index < -0.39 is 5.97 Å². The lowest BCUT2D eigenvalue weighted by Crippen LogP contribution is -1.94. The molecule has 0 aliphatic heterocycles. The van der Waals surface area contributed by atoms with Gasteiger partial charge in [-0.1, -0.05) is 35.7 Å². The van der Waals surface area contributed by atoms with Crippen LogP contribution in [0.5, 0.6) is 0 Å². The normalized spacial score (nSPS) is 9.43. The van der Waals surface area contributed by atoms with Crippen molar-refractivity contribution in [3.05, 3.63) is 66.2 Å². The number of para-hydroxylation sites is 1. The van der Waals surface area contributed by atoms with Crippen LogP contribution in [0.1, 0.15) is 5.56 Å². The number of aromatic nitrogens is 1. The number of pyridine rings is 1. The summed E-state index contributed by atoms with van der Waals surface area (Å²) in [4.78, 5) is 15.8. The Morgan fingerprint density at radius 2 is 2.17 bits per heavy atom. The number of hydrogen-bond acceptors (Lipinski definition) is 3. The van der Waals surface area contributed by atoms with Gasteiger partial charge < -0.3 is 4.74 Å². The van der Waals surface area contributed by atoms with Gasteiger partial charge in [0.25, 0.3) is 0 Å². The Bertz CT molecular complexity index is 892. The maximum atomic E-state index is 11.5. The lowest BCUT2D eigenvalue weighted by molar-refractivity contribution is -0.131. The molecule has 2 aromatic rings. The summed E-state index contributed by atoms with van der Waals surface area (Å²) in [6, 6.07) is 9.41. The molecule has 0 aliphatic carbocycles. The summed E-state index contributed by atoms with van der Waals surface area (Å²) in [5, 5.41) is 1.24. The second-order valence-electron chi connectivity index (χ2n) is 4.21. The zero-order chi connectivity index (χ0) is 16.5. The van der Waals surface area contributed by atoms with Gasteiger partial charge in [-0.3, -0.25) is 0 Å². The molecule has 3 nitrogen and oxygen atoms in total. The molecule has 1 aromatic heterocycles. The number of esters is 1. The Morgan fingerprint density at radius 3 is 3.00 bits per heavy atom. The van der Waals surface area contributed by atoms with Gasteiger partial charge in [-0.2, -0.15) is 18.6 Å². The first-order chi connectivity index (χ1) is 11.2. The van der Waals surface area contributed by atoms with Crippen LogP contribution in [0.3, 0.4) is 0 Å². The van der Waals surface area contributed by atoms with Crippen LogP contribution in [-0.4, -0.2) is 11.0 Å². The molecule has 0 aliphatic rings. The predicted octanol–water partition coefficient (Wildman–Crippen LogP) is 3.80. The third-order valence-electron chi connectivity index (χ3n) is 2.64. The largest absolute Gasteiger partial charge is 0.369 e. The second-order valence-corrected chi connectivity index (χ2v) is 4.57. The topological polar surface area (TPSA) is 39.2 Å². The third-order valence-corrected chi connectivity index (χ3v) is 2.94. The number of carbonyl (C=O) groups is 1. The number of carbonyl (C=O) groups excluding carboxylic acids is 1. The van der Waals surface area contributed by atoms with E-state index in [1.54, 1.807) is 0 Å². The number of halogens is 1. The summed E-state index contributed by atoms with van der Waals surface area (Å²) < 4.78 is 4.68. The highest BCUT2D eigenvalue weighted by Crippen LogP contribution is 2.21. The summed E-state index contributed by atoms with van der Waals surface area (Å²) in [6.45, 7) is 3.47. The van der Waals surface area contributed by atoms with Crippen molar-refractivity contribution in [2.75, 3.05) is 0 Å². The minimum atomic E-state index is -0.615. The molecule has 0 N–H and O–H groups in total. The van der Waals surface area contributed by atoms with E-state index in [0.29, 0.717) is 10.7 Å². The van der Waals surface area contributed by atoms with Crippen LogP contribution in [0.2, 0.25) is 5.15 Å². The summed E-state index contributed by atoms with van der Waals surface area (Å²) in [5.74, 6) is 6.83. The lowest BCUT2D eigenvalue weighted by atomic mass is 10.1. The molecule has 112 valence electrons. The molecule has 0 atom stereocenters. The van der Waals surface area contributed by atoms with E-state index in [-0.39, 0.29) is 0 Å². The fraction of sp³-hybridized carbons (Fsp3) is 0. The van der Waals surface area contributed by atoms with Gasteiger partial charge in [0.1, 0.15) is 11.3 Å². The van der Waals surface area contributed by atoms with E-state index in [4.69, 9.17) is 11.6 Å². The number of ether oxygens (including phenoxy) is 1. The maximum absolute atomic E-state index is 11.5. The molecular formula is C19H11ClNO2-. The van der Waals surface area contributed by atoms with Crippen LogP contribution in [-0.2, 0) is 9.53 Å². The van der Waals surface area contributed by atoms with E-state index in [0.717, 1.165) is 10.9 Å². The summed E-state index contributed by atoms with van der Waals surface area (Å²) >= 11 is 6.09. The van der Waals surface area contributed by atoms with Crippen molar-refractivity contribution in [1.82, 2.24) is 4.98 Å². The van der Waals surface area contributed by atoms with E-state index >= 15 is 0 Å². The van der Waals surface area contributed by atoms with Crippen LogP contribution < -0.4 is 0 Å². The molecule has 0 saturated carbocycles. The molecule has 0 fully saturated rings. The van der Waals surface area contributed by atoms with E-state index in [1.807, 2.05) is 30.3 Å². The minimum Gasteiger partial charge on any atom is -0.369 e. The maximum Gasteiger partial charge on any atom is 0.344 e. The summed E-state index contributed by atoms with van der Waals surface area (Å²) in [5.41, 5.74) is 1.41. The van der Waals surface area contributed by atoms with E-state index in [1.165, 1.54) is 24.6 Å². The van der Waals surface area contributed by atoms with Gasteiger partial charge in [0.15, 0.2) is 0 Å². The zero-order valence-corrected chi connectivity index (χ0v) is 12.8. The number of fused-ring (bicyclic) bond motifs is 1. The molecular weight excluding hydrogens is 310 g/mol. The Kier molecular flexibility index (Phi) is 5.89. The Morgan fingerprint density at radius 1 is 1.35 bits per heavy atom. The van der Waals surface area contributed by atoms with Crippen molar-refractivity contribution in [3.63, 3.8) is 0 Å². The molecule has 0 radical (unpaired) electrons. The van der Waals surface area contributed by atoms with Crippen molar-refractivity contribution in [3.8, 4) is 23.9 Å². The van der Waals surface area contributed by atoms with Crippen molar-refractivity contribution < 1.29 is 9.53 Å². The highest BCUT2D eigenvalue weighted by atomic mass is 35.5. The molecule has 2 rings (SSSR count). The van der Waals surface area contributed by atoms with Gasteiger partial charge >= 0.3 is 5.97 Å². The fourth-order valence-corrected chi connectivity index (χ4v) is 1.86. The van der Waals surface area contributed by atoms with E-state index in [2.05, 4.69) is 40.2 Å². The number of hydrogen-bond donors (Lipinski definition) is 0. The first-order valence-corrected chi connectivity index (χ1v) is 6.97. The second kappa shape index (κ2) is 8.34. The lowest BCUT2D eigenvalue weighted by Gasteiger charge is -2.01. The molecule has 4 heteroatoms. The molecule has 0 saturated heterocycles. The molecule has 23 heavy (non-hydrogen) atoms. The van der Waals surface area contributed by atoms with Gasteiger partial charge in [-0.05, 0) is 18.2 Å². The quantitative estimate of drug-likeness (QED) is 0.284.